The number of unbranched alkanes of at least 4 members (excludes halogenated alkanes) is 38. The number of phosphoric acid groups is 2. The number of ether oxygens (including phenoxy) is 4. The zero-order chi connectivity index (χ0) is 67.3. The highest BCUT2D eigenvalue weighted by Crippen LogP contribution is 2.45. The summed E-state index contributed by atoms with van der Waals surface area (Å²) in [6, 6.07) is 0. The summed E-state index contributed by atoms with van der Waals surface area (Å²) >= 11 is 0. The minimum atomic E-state index is -4.95. The number of hydrogen-bond acceptors (Lipinski definition) is 15. The Morgan fingerprint density at radius 3 is 0.747 bits per heavy atom. The number of hydrogen-bond donors (Lipinski definition) is 3. The van der Waals surface area contributed by atoms with Gasteiger partial charge in [0.1, 0.15) is 19.3 Å². The largest absolute Gasteiger partial charge is 0.472 e. The third-order valence-electron chi connectivity index (χ3n) is 16.6. The highest BCUT2D eigenvalue weighted by molar-refractivity contribution is 7.47. The molecule has 0 fully saturated rings. The molecule has 5 atom stereocenters. The van der Waals surface area contributed by atoms with Crippen LogP contribution < -0.4 is 0 Å². The lowest BCUT2D eigenvalue weighted by molar-refractivity contribution is -0.161. The second-order valence-electron chi connectivity index (χ2n) is 27.4. The minimum Gasteiger partial charge on any atom is -0.462 e. The van der Waals surface area contributed by atoms with E-state index in [0.29, 0.717) is 37.5 Å². The molecule has 17 nitrogen and oxygen atoms in total. The SMILES string of the molecule is CCCCCCCCCCCCCCCCCCCCCC(=O)O[C@H](COC(=O)CCCCCCCCCCCC(C)C)COP(=O)(O)OC[C@@H](O)COP(=O)(O)OC[C@@H](COC(=O)CCCCCCCCCC(C)C)OC(=O)CCCCCCCCCC(C)C. The van der Waals surface area contributed by atoms with Crippen molar-refractivity contribution in [3.8, 4) is 0 Å². The number of aliphatic hydroxyl groups is 1. The molecule has 0 aromatic carbocycles. The molecule has 2 unspecified atom stereocenters. The van der Waals surface area contributed by atoms with Gasteiger partial charge in [-0.1, -0.05) is 312 Å². The normalized spacial score (nSPS) is 14.2. The monoisotopic (exact) mass is 1340 g/mol. The first-order valence-corrected chi connectivity index (χ1v) is 40.3. The predicted molar refractivity (Wildman–Crippen MR) is 368 cm³/mol. The second-order valence-corrected chi connectivity index (χ2v) is 30.3. The first-order chi connectivity index (χ1) is 43.7. The van der Waals surface area contributed by atoms with Crippen molar-refractivity contribution in [2.45, 2.75) is 381 Å². The first kappa shape index (κ1) is 89.1. The van der Waals surface area contributed by atoms with Gasteiger partial charge in [-0.05, 0) is 43.4 Å². The predicted octanol–water partition coefficient (Wildman–Crippen LogP) is 20.6. The molecule has 0 aromatic rings. The van der Waals surface area contributed by atoms with Gasteiger partial charge in [0, 0.05) is 25.7 Å². The third kappa shape index (κ3) is 66.5. The lowest BCUT2D eigenvalue weighted by Crippen LogP contribution is -2.30. The van der Waals surface area contributed by atoms with Crippen LogP contribution in [0.25, 0.3) is 0 Å². The van der Waals surface area contributed by atoms with E-state index in [9.17, 15) is 43.2 Å². The third-order valence-corrected chi connectivity index (χ3v) is 18.5. The number of esters is 4. The van der Waals surface area contributed by atoms with Crippen molar-refractivity contribution in [2.75, 3.05) is 39.6 Å². The molecule has 0 radical (unpaired) electrons. The van der Waals surface area contributed by atoms with E-state index >= 15 is 0 Å². The zero-order valence-corrected chi connectivity index (χ0v) is 61.1. The Morgan fingerprint density at radius 1 is 0.297 bits per heavy atom. The van der Waals surface area contributed by atoms with Gasteiger partial charge in [-0.25, -0.2) is 9.13 Å². The zero-order valence-electron chi connectivity index (χ0n) is 59.3. The maximum atomic E-state index is 13.0. The number of carbonyl (C=O) groups is 4. The number of aliphatic hydroxyl groups excluding tert-OH is 1. The summed E-state index contributed by atoms with van der Waals surface area (Å²) in [5.41, 5.74) is 0. The van der Waals surface area contributed by atoms with Crippen LogP contribution >= 0.6 is 15.6 Å². The molecule has 0 heterocycles. The van der Waals surface area contributed by atoms with Crippen molar-refractivity contribution in [3.63, 3.8) is 0 Å². The Hall–Kier alpha value is -1.94. The van der Waals surface area contributed by atoms with Crippen LogP contribution in [0.15, 0.2) is 0 Å². The molecule has 0 aliphatic rings. The molecular weight excluding hydrogens is 1200 g/mol. The Bertz CT molecular complexity index is 1780. The summed E-state index contributed by atoms with van der Waals surface area (Å²) in [7, 11) is -9.90. The Morgan fingerprint density at radius 2 is 0.505 bits per heavy atom. The van der Waals surface area contributed by atoms with E-state index in [0.717, 1.165) is 102 Å². The fourth-order valence-electron chi connectivity index (χ4n) is 10.9. The molecule has 3 N–H and O–H groups in total. The van der Waals surface area contributed by atoms with Gasteiger partial charge in [-0.3, -0.25) is 37.3 Å². The molecule has 91 heavy (non-hydrogen) atoms. The van der Waals surface area contributed by atoms with Crippen molar-refractivity contribution in [1.82, 2.24) is 0 Å². The van der Waals surface area contributed by atoms with E-state index in [1.165, 1.54) is 167 Å². The highest BCUT2D eigenvalue weighted by Gasteiger charge is 2.30. The maximum Gasteiger partial charge on any atom is 0.472 e. The smallest absolute Gasteiger partial charge is 0.462 e. The quantitative estimate of drug-likeness (QED) is 0.0222. The summed E-state index contributed by atoms with van der Waals surface area (Å²) in [5.74, 6) is 0.0167. The summed E-state index contributed by atoms with van der Waals surface area (Å²) in [5, 5.41) is 10.6. The van der Waals surface area contributed by atoms with Crippen LogP contribution in [0.2, 0.25) is 0 Å². The summed E-state index contributed by atoms with van der Waals surface area (Å²) in [6.07, 6.45) is 47.5. The lowest BCUT2D eigenvalue weighted by Gasteiger charge is -2.21. The molecule has 540 valence electrons. The van der Waals surface area contributed by atoms with Gasteiger partial charge in [-0.15, -0.1) is 0 Å². The van der Waals surface area contributed by atoms with Gasteiger partial charge in [-0.2, -0.15) is 0 Å². The molecule has 0 rings (SSSR count). The average Bonchev–Trinajstić information content (AvgIpc) is 2.68. The van der Waals surface area contributed by atoms with E-state index in [2.05, 4.69) is 48.5 Å². The molecule has 0 aliphatic heterocycles. The summed E-state index contributed by atoms with van der Waals surface area (Å²) in [6.45, 7) is 11.7. The van der Waals surface area contributed by atoms with Crippen molar-refractivity contribution >= 4 is 39.5 Å². The Labute approximate surface area is 556 Å². The molecule has 0 bridgehead atoms. The summed E-state index contributed by atoms with van der Waals surface area (Å²) in [4.78, 5) is 72.6. The fraction of sp³-hybridized carbons (Fsp3) is 0.944. The molecule has 0 aromatic heterocycles. The van der Waals surface area contributed by atoms with Crippen LogP contribution in [0.4, 0.5) is 0 Å². The Balaban J connectivity index is 5.21. The number of rotatable bonds is 70. The molecule has 0 aliphatic carbocycles. The van der Waals surface area contributed by atoms with Gasteiger partial charge in [0.05, 0.1) is 26.4 Å². The van der Waals surface area contributed by atoms with E-state index in [1.54, 1.807) is 0 Å². The van der Waals surface area contributed by atoms with Crippen LogP contribution in [-0.4, -0.2) is 96.7 Å². The second kappa shape index (κ2) is 62.8. The van der Waals surface area contributed by atoms with Crippen molar-refractivity contribution in [1.29, 1.82) is 0 Å². The van der Waals surface area contributed by atoms with E-state index < -0.39 is 97.5 Å². The van der Waals surface area contributed by atoms with E-state index in [4.69, 9.17) is 37.0 Å². The molecule has 0 saturated carbocycles. The standard InChI is InChI=1S/C72H140O17P2/c1-8-9-10-11-12-13-14-15-16-17-18-19-20-21-22-25-33-41-48-55-71(76)88-67(59-82-69(74)53-46-39-32-26-23-24-29-36-43-50-63(2)3)61-86-90(78,79)84-57-66(73)58-85-91(80,81)87-62-68(89-72(77)56-49-42-35-28-31-38-45-52-65(6)7)60-83-70(75)54-47-40-34-27-30-37-44-51-64(4)5/h63-68,73H,8-62H2,1-7H3,(H,78,79)(H,80,81)/t66-,67-,68-/m1/s1. The lowest BCUT2D eigenvalue weighted by atomic mass is 10.0. The fourth-order valence-corrected chi connectivity index (χ4v) is 12.5. The molecule has 0 saturated heterocycles. The first-order valence-electron chi connectivity index (χ1n) is 37.3. The maximum absolute atomic E-state index is 13.0. The van der Waals surface area contributed by atoms with Crippen LogP contribution in [0.3, 0.4) is 0 Å². The number of phosphoric ester groups is 2. The minimum absolute atomic E-state index is 0.102. The van der Waals surface area contributed by atoms with E-state index in [1.807, 2.05) is 0 Å². The van der Waals surface area contributed by atoms with Gasteiger partial charge in [0.25, 0.3) is 0 Å². The Kier molecular flexibility index (Phi) is 61.5. The van der Waals surface area contributed by atoms with Gasteiger partial charge in [0.2, 0.25) is 0 Å². The summed E-state index contributed by atoms with van der Waals surface area (Å²) < 4.78 is 68.3. The molecule has 0 amide bonds. The van der Waals surface area contributed by atoms with Gasteiger partial charge in [0.15, 0.2) is 12.2 Å². The van der Waals surface area contributed by atoms with Crippen molar-refractivity contribution < 1.29 is 80.2 Å². The molecular formula is C72H140O17P2. The van der Waals surface area contributed by atoms with Gasteiger partial charge < -0.3 is 33.8 Å². The van der Waals surface area contributed by atoms with Crippen LogP contribution in [0.1, 0.15) is 363 Å². The van der Waals surface area contributed by atoms with Crippen LogP contribution in [0.5, 0.6) is 0 Å². The van der Waals surface area contributed by atoms with Crippen molar-refractivity contribution in [2.24, 2.45) is 17.8 Å². The topological polar surface area (TPSA) is 237 Å². The van der Waals surface area contributed by atoms with E-state index in [-0.39, 0.29) is 25.7 Å². The van der Waals surface area contributed by atoms with Crippen LogP contribution in [0, 0.1) is 17.8 Å². The van der Waals surface area contributed by atoms with Crippen molar-refractivity contribution in [3.05, 3.63) is 0 Å². The van der Waals surface area contributed by atoms with Crippen LogP contribution in [-0.2, 0) is 65.4 Å². The highest BCUT2D eigenvalue weighted by atomic mass is 31.2. The van der Waals surface area contributed by atoms with Gasteiger partial charge >= 0.3 is 39.5 Å². The average molecular weight is 1340 g/mol. The molecule has 19 heteroatoms. The number of carbonyl (C=O) groups excluding carboxylic acids is 4. The molecule has 0 spiro atoms.